The molecule has 0 aliphatic heterocycles. The van der Waals surface area contributed by atoms with Crippen molar-refractivity contribution in [3.05, 3.63) is 41.2 Å². The second kappa shape index (κ2) is 5.48. The Balaban J connectivity index is 1.62. The monoisotopic (exact) mass is 299 g/mol. The molecule has 0 amide bonds. The van der Waals surface area contributed by atoms with Crippen LogP contribution in [0, 0.1) is 0 Å². The molecule has 1 heterocycles. The van der Waals surface area contributed by atoms with E-state index in [4.69, 9.17) is 0 Å². The van der Waals surface area contributed by atoms with Gasteiger partial charge in [-0.3, -0.25) is 0 Å². The number of fused-ring (bicyclic) bond motifs is 1. The highest BCUT2D eigenvalue weighted by Gasteiger charge is 2.31. The second-order valence-corrected chi connectivity index (χ2v) is 7.23. The molecule has 2 aliphatic rings. The summed E-state index contributed by atoms with van der Waals surface area (Å²) in [4.78, 5) is 0. The van der Waals surface area contributed by atoms with Crippen molar-refractivity contribution < 1.29 is 0 Å². The predicted molar refractivity (Wildman–Crippen MR) is 85.6 cm³/mol. The normalized spacial score (nSPS) is 21.3. The smallest absolute Gasteiger partial charge is 0.191 e. The summed E-state index contributed by atoms with van der Waals surface area (Å²) >= 11 is 1.91. The second-order valence-electron chi connectivity index (χ2n) is 6.06. The zero-order chi connectivity index (χ0) is 14.2. The Labute approximate surface area is 130 Å². The third kappa shape index (κ3) is 2.50. The van der Waals surface area contributed by atoms with E-state index in [2.05, 4.69) is 46.0 Å². The molecule has 1 atom stereocenters. The number of hydrogen-bond donors (Lipinski definition) is 0. The summed E-state index contributed by atoms with van der Waals surface area (Å²) < 4.78 is 2.33. The van der Waals surface area contributed by atoms with Crippen molar-refractivity contribution in [2.24, 2.45) is 0 Å². The summed E-state index contributed by atoms with van der Waals surface area (Å²) in [6.07, 6.45) is 6.33. The summed E-state index contributed by atoms with van der Waals surface area (Å²) in [7, 11) is 0. The first-order chi connectivity index (χ1) is 10.4. The molecule has 4 rings (SSSR count). The van der Waals surface area contributed by atoms with Crippen molar-refractivity contribution in [1.82, 2.24) is 14.8 Å². The third-order valence-corrected chi connectivity index (χ3v) is 5.85. The number of thioether (sulfide) groups is 1. The Morgan fingerprint density at radius 1 is 1.19 bits per heavy atom. The standard InChI is InChI=1S/C17H21N3S/c1-2-20-16(13-10-11-13)18-19-17(20)21-15-9-5-7-12-6-3-4-8-14(12)15/h3-4,6,8,13,15H,2,5,7,9-11H2,1H3. The lowest BCUT2D eigenvalue weighted by Crippen LogP contribution is -2.08. The zero-order valence-electron chi connectivity index (χ0n) is 12.5. The van der Waals surface area contributed by atoms with E-state index in [1.54, 1.807) is 0 Å². The van der Waals surface area contributed by atoms with Crippen LogP contribution in [0.15, 0.2) is 29.4 Å². The van der Waals surface area contributed by atoms with Gasteiger partial charge in [-0.1, -0.05) is 36.0 Å². The van der Waals surface area contributed by atoms with E-state index < -0.39 is 0 Å². The number of rotatable bonds is 4. The fourth-order valence-electron chi connectivity index (χ4n) is 3.29. The summed E-state index contributed by atoms with van der Waals surface area (Å²) in [5.74, 6) is 1.88. The molecule has 21 heavy (non-hydrogen) atoms. The highest BCUT2D eigenvalue weighted by Crippen LogP contribution is 2.45. The molecular formula is C17H21N3S. The molecule has 1 aromatic carbocycles. The number of aryl methyl sites for hydroxylation is 1. The fourth-order valence-corrected chi connectivity index (χ4v) is 4.62. The van der Waals surface area contributed by atoms with Gasteiger partial charge in [0.15, 0.2) is 5.16 Å². The van der Waals surface area contributed by atoms with E-state index in [0.29, 0.717) is 11.2 Å². The molecule has 0 N–H and O–H groups in total. The first-order valence-electron chi connectivity index (χ1n) is 8.04. The Hall–Kier alpha value is -1.29. The highest BCUT2D eigenvalue weighted by atomic mass is 32.2. The molecule has 0 saturated heterocycles. The van der Waals surface area contributed by atoms with Crippen molar-refractivity contribution in [2.45, 2.75) is 61.9 Å². The first-order valence-corrected chi connectivity index (χ1v) is 8.92. The van der Waals surface area contributed by atoms with Crippen LogP contribution in [0.4, 0.5) is 0 Å². The van der Waals surface area contributed by atoms with E-state index in [1.807, 2.05) is 11.8 Å². The maximum Gasteiger partial charge on any atom is 0.191 e. The van der Waals surface area contributed by atoms with Gasteiger partial charge in [-0.25, -0.2) is 0 Å². The van der Waals surface area contributed by atoms with Gasteiger partial charge >= 0.3 is 0 Å². The zero-order valence-corrected chi connectivity index (χ0v) is 13.3. The van der Waals surface area contributed by atoms with E-state index >= 15 is 0 Å². The van der Waals surface area contributed by atoms with Gasteiger partial charge in [0, 0.05) is 17.7 Å². The summed E-state index contributed by atoms with van der Waals surface area (Å²) in [6.45, 7) is 3.18. The minimum atomic E-state index is 0.538. The summed E-state index contributed by atoms with van der Waals surface area (Å²) in [5.41, 5.74) is 3.03. The maximum atomic E-state index is 4.49. The summed E-state index contributed by atoms with van der Waals surface area (Å²) in [6, 6.07) is 8.90. The van der Waals surface area contributed by atoms with Crippen molar-refractivity contribution in [3.8, 4) is 0 Å². The van der Waals surface area contributed by atoms with Gasteiger partial charge < -0.3 is 4.57 Å². The van der Waals surface area contributed by atoms with E-state index in [-0.39, 0.29) is 0 Å². The van der Waals surface area contributed by atoms with Crippen LogP contribution >= 0.6 is 11.8 Å². The lowest BCUT2D eigenvalue weighted by molar-refractivity contribution is 0.633. The summed E-state index contributed by atoms with van der Waals surface area (Å²) in [5, 5.41) is 10.6. The number of nitrogens with zero attached hydrogens (tertiary/aromatic N) is 3. The lowest BCUT2D eigenvalue weighted by atomic mass is 9.91. The molecule has 3 nitrogen and oxygen atoms in total. The molecular weight excluding hydrogens is 278 g/mol. The van der Waals surface area contributed by atoms with Crippen molar-refractivity contribution in [3.63, 3.8) is 0 Å². The quantitative estimate of drug-likeness (QED) is 0.841. The van der Waals surface area contributed by atoms with Crippen LogP contribution in [0.1, 0.15) is 60.7 Å². The van der Waals surface area contributed by atoms with Crippen LogP contribution in [0.2, 0.25) is 0 Å². The topological polar surface area (TPSA) is 30.7 Å². The third-order valence-electron chi connectivity index (χ3n) is 4.57. The van der Waals surface area contributed by atoms with Gasteiger partial charge in [0.2, 0.25) is 0 Å². The average molecular weight is 299 g/mol. The molecule has 1 unspecified atom stereocenters. The Morgan fingerprint density at radius 2 is 2.05 bits per heavy atom. The molecule has 2 aliphatic carbocycles. The van der Waals surface area contributed by atoms with Gasteiger partial charge in [0.1, 0.15) is 5.82 Å². The number of hydrogen-bond acceptors (Lipinski definition) is 3. The van der Waals surface area contributed by atoms with Crippen LogP contribution in [0.25, 0.3) is 0 Å². The molecule has 1 aromatic heterocycles. The lowest BCUT2D eigenvalue weighted by Gasteiger charge is -2.24. The van der Waals surface area contributed by atoms with Crippen molar-refractivity contribution in [1.29, 1.82) is 0 Å². The van der Waals surface area contributed by atoms with E-state index in [9.17, 15) is 0 Å². The number of benzene rings is 1. The largest absolute Gasteiger partial charge is 0.306 e. The molecule has 2 aromatic rings. The van der Waals surface area contributed by atoms with Crippen LogP contribution in [-0.4, -0.2) is 14.8 Å². The predicted octanol–water partition coefficient (Wildman–Crippen LogP) is 4.35. The van der Waals surface area contributed by atoms with Gasteiger partial charge in [-0.15, -0.1) is 10.2 Å². The van der Waals surface area contributed by atoms with Gasteiger partial charge in [-0.05, 0) is 50.2 Å². The van der Waals surface area contributed by atoms with Crippen molar-refractivity contribution >= 4 is 11.8 Å². The molecule has 0 radical (unpaired) electrons. The Kier molecular flexibility index (Phi) is 3.49. The molecule has 110 valence electrons. The minimum absolute atomic E-state index is 0.538. The highest BCUT2D eigenvalue weighted by molar-refractivity contribution is 7.99. The Morgan fingerprint density at radius 3 is 2.86 bits per heavy atom. The van der Waals surface area contributed by atoms with E-state index in [1.165, 1.54) is 49.1 Å². The first kappa shape index (κ1) is 13.4. The van der Waals surface area contributed by atoms with Gasteiger partial charge in [-0.2, -0.15) is 0 Å². The van der Waals surface area contributed by atoms with Gasteiger partial charge in [0.25, 0.3) is 0 Å². The molecule has 1 fully saturated rings. The fraction of sp³-hybridized carbons (Fsp3) is 0.529. The van der Waals surface area contributed by atoms with Crippen LogP contribution in [-0.2, 0) is 13.0 Å². The van der Waals surface area contributed by atoms with Crippen LogP contribution in [0.3, 0.4) is 0 Å². The molecule has 4 heteroatoms. The van der Waals surface area contributed by atoms with Crippen LogP contribution < -0.4 is 0 Å². The van der Waals surface area contributed by atoms with E-state index in [0.717, 1.165) is 11.7 Å². The minimum Gasteiger partial charge on any atom is -0.306 e. The molecule has 0 bridgehead atoms. The van der Waals surface area contributed by atoms with Crippen molar-refractivity contribution in [2.75, 3.05) is 0 Å². The Bertz CT molecular complexity index is 645. The SMILES string of the molecule is CCn1c(SC2CCCc3ccccc32)nnc1C1CC1. The van der Waals surface area contributed by atoms with Crippen LogP contribution in [0.5, 0.6) is 0 Å². The van der Waals surface area contributed by atoms with Gasteiger partial charge in [0.05, 0.1) is 0 Å². The average Bonchev–Trinajstić information content (AvgIpc) is 3.29. The number of aromatic nitrogens is 3. The maximum absolute atomic E-state index is 4.49. The molecule has 1 saturated carbocycles. The molecule has 0 spiro atoms.